The molecule has 0 saturated carbocycles. The molecular formula is C12H14N2O. The van der Waals surface area contributed by atoms with Crippen LogP contribution in [0.5, 0.6) is 0 Å². The van der Waals surface area contributed by atoms with E-state index in [-0.39, 0.29) is 5.56 Å². The Labute approximate surface area is 87.9 Å². The lowest BCUT2D eigenvalue weighted by atomic mass is 10.0. The van der Waals surface area contributed by atoms with Crippen molar-refractivity contribution in [3.05, 3.63) is 45.2 Å². The maximum absolute atomic E-state index is 11.4. The standard InChI is InChI=1S/C12H14N2O/c1-7-3-4-10-9(6-13)5-11(15)14-12(10)8(7)2/h3-5H,6,13H2,1-2H3,(H,14,15). The number of benzene rings is 1. The van der Waals surface area contributed by atoms with E-state index in [9.17, 15) is 4.79 Å². The summed E-state index contributed by atoms with van der Waals surface area (Å²) < 4.78 is 0. The molecule has 3 heteroatoms. The van der Waals surface area contributed by atoms with E-state index in [0.29, 0.717) is 6.54 Å². The van der Waals surface area contributed by atoms with Crippen molar-refractivity contribution < 1.29 is 0 Å². The zero-order valence-corrected chi connectivity index (χ0v) is 8.92. The predicted molar refractivity (Wildman–Crippen MR) is 61.9 cm³/mol. The first-order chi connectivity index (χ1) is 7.13. The van der Waals surface area contributed by atoms with E-state index in [4.69, 9.17) is 5.73 Å². The van der Waals surface area contributed by atoms with Gasteiger partial charge in [0.1, 0.15) is 0 Å². The topological polar surface area (TPSA) is 58.9 Å². The maximum Gasteiger partial charge on any atom is 0.248 e. The molecule has 3 nitrogen and oxygen atoms in total. The molecule has 0 aliphatic carbocycles. The van der Waals surface area contributed by atoms with E-state index < -0.39 is 0 Å². The molecule has 0 radical (unpaired) electrons. The summed E-state index contributed by atoms with van der Waals surface area (Å²) in [6.07, 6.45) is 0. The number of fused-ring (bicyclic) bond motifs is 1. The van der Waals surface area contributed by atoms with Gasteiger partial charge in [-0.05, 0) is 30.5 Å². The average Bonchev–Trinajstić information content (AvgIpc) is 2.23. The Kier molecular flexibility index (Phi) is 2.32. The molecule has 78 valence electrons. The number of aromatic amines is 1. The molecule has 0 unspecified atom stereocenters. The summed E-state index contributed by atoms with van der Waals surface area (Å²) in [5, 5.41) is 1.04. The zero-order chi connectivity index (χ0) is 11.0. The fourth-order valence-corrected chi connectivity index (χ4v) is 1.81. The van der Waals surface area contributed by atoms with Crippen LogP contribution in [0.3, 0.4) is 0 Å². The van der Waals surface area contributed by atoms with Gasteiger partial charge in [0.05, 0.1) is 5.52 Å². The Morgan fingerprint density at radius 1 is 1.33 bits per heavy atom. The molecule has 2 aromatic rings. The molecular weight excluding hydrogens is 188 g/mol. The smallest absolute Gasteiger partial charge is 0.248 e. The fraction of sp³-hybridized carbons (Fsp3) is 0.250. The van der Waals surface area contributed by atoms with Crippen LogP contribution in [0, 0.1) is 13.8 Å². The Balaban J connectivity index is 2.96. The van der Waals surface area contributed by atoms with Gasteiger partial charge in [-0.1, -0.05) is 12.1 Å². The van der Waals surface area contributed by atoms with Crippen LogP contribution in [0.4, 0.5) is 0 Å². The summed E-state index contributed by atoms with van der Waals surface area (Å²) in [5.41, 5.74) is 9.62. The Bertz CT molecular complexity index is 570. The SMILES string of the molecule is Cc1ccc2c(CN)cc(=O)[nH]c2c1C. The number of aromatic nitrogens is 1. The molecule has 0 amide bonds. The third kappa shape index (κ3) is 1.55. The van der Waals surface area contributed by atoms with Crippen molar-refractivity contribution >= 4 is 10.9 Å². The predicted octanol–water partition coefficient (Wildman–Crippen LogP) is 1.60. The molecule has 0 aliphatic rings. The summed E-state index contributed by atoms with van der Waals surface area (Å²) in [7, 11) is 0. The van der Waals surface area contributed by atoms with E-state index in [1.165, 1.54) is 5.56 Å². The lowest BCUT2D eigenvalue weighted by molar-refractivity contribution is 1.07. The number of nitrogens with two attached hydrogens (primary N) is 1. The third-order valence-electron chi connectivity index (χ3n) is 2.86. The van der Waals surface area contributed by atoms with E-state index in [1.807, 2.05) is 19.9 Å². The van der Waals surface area contributed by atoms with Crippen molar-refractivity contribution in [1.82, 2.24) is 4.98 Å². The fourth-order valence-electron chi connectivity index (χ4n) is 1.81. The van der Waals surface area contributed by atoms with Gasteiger partial charge in [0.2, 0.25) is 5.56 Å². The van der Waals surface area contributed by atoms with Crippen LogP contribution in [0.15, 0.2) is 23.0 Å². The van der Waals surface area contributed by atoms with E-state index in [1.54, 1.807) is 6.07 Å². The van der Waals surface area contributed by atoms with Gasteiger partial charge in [-0.15, -0.1) is 0 Å². The molecule has 0 atom stereocenters. The summed E-state index contributed by atoms with van der Waals surface area (Å²) in [6.45, 7) is 4.43. The van der Waals surface area contributed by atoms with Gasteiger partial charge >= 0.3 is 0 Å². The second kappa shape index (κ2) is 3.51. The first-order valence-electron chi connectivity index (χ1n) is 4.95. The summed E-state index contributed by atoms with van der Waals surface area (Å²) >= 11 is 0. The normalized spacial score (nSPS) is 10.9. The van der Waals surface area contributed by atoms with Crippen molar-refractivity contribution in [1.29, 1.82) is 0 Å². The van der Waals surface area contributed by atoms with Crippen LogP contribution in [-0.2, 0) is 6.54 Å². The largest absolute Gasteiger partial charge is 0.326 e. The average molecular weight is 202 g/mol. The number of aryl methyl sites for hydroxylation is 2. The van der Waals surface area contributed by atoms with Gasteiger partial charge in [-0.25, -0.2) is 0 Å². The van der Waals surface area contributed by atoms with Gasteiger partial charge in [-0.3, -0.25) is 4.79 Å². The molecule has 0 aliphatic heterocycles. The molecule has 15 heavy (non-hydrogen) atoms. The Morgan fingerprint density at radius 2 is 2.07 bits per heavy atom. The van der Waals surface area contributed by atoms with Crippen LogP contribution >= 0.6 is 0 Å². The molecule has 1 aromatic heterocycles. The van der Waals surface area contributed by atoms with E-state index >= 15 is 0 Å². The van der Waals surface area contributed by atoms with Crippen molar-refractivity contribution in [2.24, 2.45) is 5.73 Å². The molecule has 3 N–H and O–H groups in total. The van der Waals surface area contributed by atoms with Gasteiger partial charge in [0.15, 0.2) is 0 Å². The van der Waals surface area contributed by atoms with Crippen molar-refractivity contribution in [3.63, 3.8) is 0 Å². The van der Waals surface area contributed by atoms with Gasteiger partial charge in [0, 0.05) is 18.0 Å². The lowest BCUT2D eigenvalue weighted by Gasteiger charge is -2.08. The number of hydrogen-bond donors (Lipinski definition) is 2. The minimum Gasteiger partial charge on any atom is -0.326 e. The molecule has 0 saturated heterocycles. The van der Waals surface area contributed by atoms with Crippen LogP contribution in [0.1, 0.15) is 16.7 Å². The highest BCUT2D eigenvalue weighted by atomic mass is 16.1. The van der Waals surface area contributed by atoms with E-state index in [0.717, 1.165) is 22.0 Å². The maximum atomic E-state index is 11.4. The Morgan fingerprint density at radius 3 is 2.73 bits per heavy atom. The molecule has 0 bridgehead atoms. The molecule has 0 spiro atoms. The first-order valence-corrected chi connectivity index (χ1v) is 4.95. The number of nitrogens with one attached hydrogen (secondary N) is 1. The second-order valence-electron chi connectivity index (χ2n) is 3.79. The Hall–Kier alpha value is -1.61. The summed E-state index contributed by atoms with van der Waals surface area (Å²) in [6, 6.07) is 5.63. The monoisotopic (exact) mass is 202 g/mol. The van der Waals surface area contributed by atoms with Crippen molar-refractivity contribution in [2.45, 2.75) is 20.4 Å². The van der Waals surface area contributed by atoms with Crippen LogP contribution in [0.2, 0.25) is 0 Å². The number of H-pyrrole nitrogens is 1. The summed E-state index contributed by atoms with van der Waals surface area (Å²) in [5.74, 6) is 0. The van der Waals surface area contributed by atoms with Crippen molar-refractivity contribution in [2.75, 3.05) is 0 Å². The van der Waals surface area contributed by atoms with Gasteiger partial charge in [-0.2, -0.15) is 0 Å². The first kappa shape index (κ1) is 9.93. The highest BCUT2D eigenvalue weighted by Gasteiger charge is 2.05. The van der Waals surface area contributed by atoms with Crippen LogP contribution < -0.4 is 11.3 Å². The van der Waals surface area contributed by atoms with Crippen molar-refractivity contribution in [3.8, 4) is 0 Å². The highest BCUT2D eigenvalue weighted by molar-refractivity contribution is 5.85. The molecule has 1 heterocycles. The second-order valence-corrected chi connectivity index (χ2v) is 3.79. The molecule has 2 rings (SSSR count). The zero-order valence-electron chi connectivity index (χ0n) is 8.92. The number of rotatable bonds is 1. The van der Waals surface area contributed by atoms with E-state index in [2.05, 4.69) is 11.1 Å². The van der Waals surface area contributed by atoms with Gasteiger partial charge < -0.3 is 10.7 Å². The molecule has 1 aromatic carbocycles. The highest BCUT2D eigenvalue weighted by Crippen LogP contribution is 2.20. The minimum absolute atomic E-state index is 0.0864. The number of hydrogen-bond acceptors (Lipinski definition) is 2. The minimum atomic E-state index is -0.0864. The van der Waals surface area contributed by atoms with Crippen LogP contribution in [-0.4, -0.2) is 4.98 Å². The lowest BCUT2D eigenvalue weighted by Crippen LogP contribution is -2.10. The summed E-state index contributed by atoms with van der Waals surface area (Å²) in [4.78, 5) is 14.3. The molecule has 0 fully saturated rings. The van der Waals surface area contributed by atoms with Gasteiger partial charge in [0.25, 0.3) is 0 Å². The number of pyridine rings is 1. The third-order valence-corrected chi connectivity index (χ3v) is 2.86. The van der Waals surface area contributed by atoms with Crippen LogP contribution in [0.25, 0.3) is 10.9 Å². The quantitative estimate of drug-likeness (QED) is 0.738.